The van der Waals surface area contributed by atoms with E-state index in [2.05, 4.69) is 9.88 Å². The number of halogens is 2. The highest BCUT2D eigenvalue weighted by molar-refractivity contribution is 5.89. The number of aliphatic hydroxyl groups is 1. The van der Waals surface area contributed by atoms with Gasteiger partial charge in [0.25, 0.3) is 0 Å². The Kier molecular flexibility index (Phi) is 8.72. The summed E-state index contributed by atoms with van der Waals surface area (Å²) in [5, 5.41) is 11.6. The van der Waals surface area contributed by atoms with Gasteiger partial charge in [0, 0.05) is 31.4 Å². The molecule has 2 atom stereocenters. The number of aromatic nitrogens is 1. The molecule has 0 aliphatic carbocycles. The number of esters is 1. The van der Waals surface area contributed by atoms with E-state index in [0.29, 0.717) is 18.7 Å². The van der Waals surface area contributed by atoms with Crippen LogP contribution in [0.3, 0.4) is 0 Å². The largest absolute Gasteiger partial charge is 0.465 e. The molecule has 0 radical (unpaired) electrons. The van der Waals surface area contributed by atoms with Gasteiger partial charge in [0.1, 0.15) is 17.7 Å². The lowest BCUT2D eigenvalue weighted by Crippen LogP contribution is -2.41. The van der Waals surface area contributed by atoms with Crippen LogP contribution >= 0.6 is 0 Å². The predicted octanol–water partition coefficient (Wildman–Crippen LogP) is 5.49. The van der Waals surface area contributed by atoms with Crippen molar-refractivity contribution in [3.8, 4) is 0 Å². The van der Waals surface area contributed by atoms with Gasteiger partial charge in [-0.15, -0.1) is 0 Å². The molecule has 1 unspecified atom stereocenters. The molecule has 0 bridgehead atoms. The first kappa shape index (κ1) is 26.1. The summed E-state index contributed by atoms with van der Waals surface area (Å²) in [4.78, 5) is 18.5. The summed E-state index contributed by atoms with van der Waals surface area (Å²) in [5.41, 5.74) is 2.93. The molecule has 0 spiro atoms. The summed E-state index contributed by atoms with van der Waals surface area (Å²) in [6.45, 7) is 0.928. The molecule has 7 heteroatoms. The van der Waals surface area contributed by atoms with Crippen molar-refractivity contribution in [1.29, 1.82) is 0 Å². The topological polar surface area (TPSA) is 62.7 Å². The predicted molar refractivity (Wildman–Crippen MR) is 137 cm³/mol. The number of hydrogen-bond donors (Lipinski definition) is 1. The first-order chi connectivity index (χ1) is 17.9. The van der Waals surface area contributed by atoms with Crippen LogP contribution < -0.4 is 0 Å². The monoisotopic (exact) mass is 502 g/mol. The average Bonchev–Trinajstić information content (AvgIpc) is 2.91. The van der Waals surface area contributed by atoms with Crippen LogP contribution in [0.25, 0.3) is 0 Å². The maximum absolute atomic E-state index is 14.1. The van der Waals surface area contributed by atoms with Crippen molar-refractivity contribution < 1.29 is 23.4 Å². The van der Waals surface area contributed by atoms with Crippen LogP contribution in [0.15, 0.2) is 97.2 Å². The van der Waals surface area contributed by atoms with Crippen LogP contribution in [0.5, 0.6) is 0 Å². The van der Waals surface area contributed by atoms with Crippen molar-refractivity contribution >= 4 is 5.97 Å². The Balaban J connectivity index is 1.76. The van der Waals surface area contributed by atoms with Crippen LogP contribution in [0, 0.1) is 11.6 Å². The van der Waals surface area contributed by atoms with E-state index in [4.69, 9.17) is 4.74 Å². The molecule has 0 saturated carbocycles. The SMILES string of the molecule is COC(=O)c1ccnc([C@@H](O)C(Cc2cc(F)cc(F)c2)N(Cc2ccccc2)Cc2ccccc2)c1. The lowest BCUT2D eigenvalue weighted by atomic mass is 9.95. The highest BCUT2D eigenvalue weighted by atomic mass is 19.1. The van der Waals surface area contributed by atoms with Crippen LogP contribution in [-0.4, -0.2) is 34.1 Å². The summed E-state index contributed by atoms with van der Waals surface area (Å²) in [6, 6.07) is 25.2. The number of methoxy groups -OCH3 is 1. The standard InChI is InChI=1S/C30H28F2N2O3/c1-37-30(36)24-12-13-33-27(17-24)29(35)28(16-23-14-25(31)18-26(32)15-23)34(19-21-8-4-2-5-9-21)20-22-10-6-3-7-11-22/h2-15,17-18,28-29,35H,16,19-20H2,1H3/t28?,29-/m1/s1. The Labute approximate surface area is 215 Å². The van der Waals surface area contributed by atoms with E-state index >= 15 is 0 Å². The molecule has 1 aromatic heterocycles. The molecule has 190 valence electrons. The van der Waals surface area contributed by atoms with Crippen molar-refractivity contribution in [1.82, 2.24) is 9.88 Å². The molecule has 5 nitrogen and oxygen atoms in total. The highest BCUT2D eigenvalue weighted by Crippen LogP contribution is 2.28. The summed E-state index contributed by atoms with van der Waals surface area (Å²) < 4.78 is 33.0. The minimum Gasteiger partial charge on any atom is -0.465 e. The van der Waals surface area contributed by atoms with Gasteiger partial charge < -0.3 is 9.84 Å². The zero-order valence-electron chi connectivity index (χ0n) is 20.4. The summed E-state index contributed by atoms with van der Waals surface area (Å²) in [6.07, 6.45) is 0.394. The average molecular weight is 503 g/mol. The molecule has 1 N–H and O–H groups in total. The number of nitrogens with zero attached hydrogens (tertiary/aromatic N) is 2. The molecule has 4 rings (SSSR count). The van der Waals surface area contributed by atoms with E-state index in [1.54, 1.807) is 0 Å². The Morgan fingerprint density at radius 3 is 1.97 bits per heavy atom. The first-order valence-corrected chi connectivity index (χ1v) is 11.9. The fourth-order valence-corrected chi connectivity index (χ4v) is 4.39. The summed E-state index contributed by atoms with van der Waals surface area (Å²) in [7, 11) is 1.28. The molecular formula is C30H28F2N2O3. The molecular weight excluding hydrogens is 474 g/mol. The fourth-order valence-electron chi connectivity index (χ4n) is 4.39. The molecule has 0 aliphatic rings. The van der Waals surface area contributed by atoms with Crippen molar-refractivity contribution in [2.75, 3.05) is 7.11 Å². The van der Waals surface area contributed by atoms with Gasteiger partial charge in [-0.05, 0) is 47.4 Å². The number of ether oxygens (including phenoxy) is 1. The lowest BCUT2D eigenvalue weighted by Gasteiger charge is -2.35. The number of hydrogen-bond acceptors (Lipinski definition) is 5. The zero-order chi connectivity index (χ0) is 26.2. The first-order valence-electron chi connectivity index (χ1n) is 11.9. The van der Waals surface area contributed by atoms with E-state index < -0.39 is 29.7 Å². The molecule has 0 fully saturated rings. The summed E-state index contributed by atoms with van der Waals surface area (Å²) >= 11 is 0. The minimum absolute atomic E-state index is 0.139. The second kappa shape index (κ2) is 12.3. The summed E-state index contributed by atoms with van der Waals surface area (Å²) in [5.74, 6) is -1.93. The Hall–Kier alpha value is -3.94. The fraction of sp³-hybridized carbons (Fsp3) is 0.200. The van der Waals surface area contributed by atoms with E-state index in [9.17, 15) is 18.7 Å². The zero-order valence-corrected chi connectivity index (χ0v) is 20.4. The van der Waals surface area contributed by atoms with E-state index in [1.165, 1.54) is 37.6 Å². The Bertz CT molecular complexity index is 1260. The van der Waals surface area contributed by atoms with Crippen molar-refractivity contribution in [3.63, 3.8) is 0 Å². The maximum atomic E-state index is 14.1. The van der Waals surface area contributed by atoms with Crippen molar-refractivity contribution in [3.05, 3.63) is 137 Å². The lowest BCUT2D eigenvalue weighted by molar-refractivity contribution is 0.0354. The number of carbonyl (C=O) groups excluding carboxylic acids is 1. The van der Waals surface area contributed by atoms with Gasteiger partial charge in [-0.25, -0.2) is 13.6 Å². The normalized spacial score (nSPS) is 12.8. The Morgan fingerprint density at radius 2 is 1.43 bits per heavy atom. The number of rotatable bonds is 10. The molecule has 0 saturated heterocycles. The van der Waals surface area contributed by atoms with Crippen molar-refractivity contribution in [2.24, 2.45) is 0 Å². The van der Waals surface area contributed by atoms with E-state index in [0.717, 1.165) is 17.2 Å². The molecule has 4 aromatic rings. The molecule has 0 aliphatic heterocycles. The molecule has 3 aromatic carbocycles. The number of aliphatic hydroxyl groups excluding tert-OH is 1. The van der Waals surface area contributed by atoms with E-state index in [-0.39, 0.29) is 17.7 Å². The third kappa shape index (κ3) is 7.06. The number of benzene rings is 3. The maximum Gasteiger partial charge on any atom is 0.337 e. The van der Waals surface area contributed by atoms with Gasteiger partial charge in [-0.2, -0.15) is 0 Å². The minimum atomic E-state index is -1.18. The van der Waals surface area contributed by atoms with Crippen LogP contribution in [0.2, 0.25) is 0 Å². The van der Waals surface area contributed by atoms with Gasteiger partial charge in [0.05, 0.1) is 18.4 Å². The number of pyridine rings is 1. The third-order valence-electron chi connectivity index (χ3n) is 6.16. The van der Waals surface area contributed by atoms with Gasteiger partial charge >= 0.3 is 5.97 Å². The molecule has 0 amide bonds. The van der Waals surface area contributed by atoms with Crippen LogP contribution in [0.4, 0.5) is 8.78 Å². The second-order valence-electron chi connectivity index (χ2n) is 8.83. The smallest absolute Gasteiger partial charge is 0.337 e. The van der Waals surface area contributed by atoms with Gasteiger partial charge in [0.2, 0.25) is 0 Å². The number of carbonyl (C=O) groups is 1. The second-order valence-corrected chi connectivity index (χ2v) is 8.83. The highest BCUT2D eigenvalue weighted by Gasteiger charge is 2.30. The van der Waals surface area contributed by atoms with Gasteiger partial charge in [-0.1, -0.05) is 60.7 Å². The quantitative estimate of drug-likeness (QED) is 0.291. The van der Waals surface area contributed by atoms with Crippen LogP contribution in [0.1, 0.15) is 38.8 Å². The van der Waals surface area contributed by atoms with Gasteiger partial charge in [-0.3, -0.25) is 9.88 Å². The molecule has 1 heterocycles. The van der Waals surface area contributed by atoms with E-state index in [1.807, 2.05) is 60.7 Å². The Morgan fingerprint density at radius 1 is 0.865 bits per heavy atom. The van der Waals surface area contributed by atoms with Crippen molar-refractivity contribution in [2.45, 2.75) is 31.7 Å². The van der Waals surface area contributed by atoms with Crippen LogP contribution in [-0.2, 0) is 24.2 Å². The molecule has 37 heavy (non-hydrogen) atoms. The van der Waals surface area contributed by atoms with Gasteiger partial charge in [0.15, 0.2) is 0 Å². The third-order valence-corrected chi connectivity index (χ3v) is 6.16.